The number of halogens is 3. The van der Waals surface area contributed by atoms with Crippen molar-refractivity contribution in [3.8, 4) is 5.88 Å². The minimum absolute atomic E-state index is 0.0221. The van der Waals surface area contributed by atoms with Gasteiger partial charge in [-0.15, -0.1) is 5.10 Å². The maximum absolute atomic E-state index is 12.2. The van der Waals surface area contributed by atoms with Crippen molar-refractivity contribution < 1.29 is 17.9 Å². The Kier molecular flexibility index (Phi) is 3.31. The van der Waals surface area contributed by atoms with Crippen LogP contribution in [0.5, 0.6) is 5.88 Å². The van der Waals surface area contributed by atoms with Crippen LogP contribution in [0.25, 0.3) is 0 Å². The molecule has 8 heteroatoms. The minimum Gasteiger partial charge on any atom is -0.463 e. The quantitative estimate of drug-likeness (QED) is 0.605. The first-order valence-corrected chi connectivity index (χ1v) is 4.22. The van der Waals surface area contributed by atoms with Crippen LogP contribution in [-0.2, 0) is 0 Å². The van der Waals surface area contributed by atoms with Gasteiger partial charge in [-0.1, -0.05) is 0 Å². The average Bonchev–Trinajstić information content (AvgIpc) is 2.16. The number of rotatable bonds is 3. The molecule has 1 rings (SSSR count). The number of alkyl halides is 3. The van der Waals surface area contributed by atoms with Crippen LogP contribution >= 0.6 is 0 Å². The van der Waals surface area contributed by atoms with Crippen molar-refractivity contribution in [3.05, 3.63) is 17.8 Å². The van der Waals surface area contributed by atoms with Crippen LogP contribution in [0.3, 0.4) is 0 Å². The molecule has 0 radical (unpaired) electrons. The summed E-state index contributed by atoms with van der Waals surface area (Å²) in [5.74, 6) is -0.834. The monoisotopic (exact) mass is 234 g/mol. The van der Waals surface area contributed by atoms with Gasteiger partial charge in [0.15, 0.2) is 6.10 Å². The largest absolute Gasteiger partial charge is 0.463 e. The molecule has 1 heterocycles. The van der Waals surface area contributed by atoms with E-state index in [-0.39, 0.29) is 5.56 Å². The zero-order chi connectivity index (χ0) is 12.3. The van der Waals surface area contributed by atoms with E-state index in [0.717, 1.165) is 6.92 Å². The lowest BCUT2D eigenvalue weighted by atomic mass is 10.3. The number of hydrogen-bond acceptors (Lipinski definition) is 4. The molecule has 0 fully saturated rings. The molecule has 0 bridgehead atoms. The molecule has 3 N–H and O–H groups in total. The van der Waals surface area contributed by atoms with E-state index in [1.165, 1.54) is 12.3 Å². The van der Waals surface area contributed by atoms with E-state index in [2.05, 4.69) is 14.9 Å². The summed E-state index contributed by atoms with van der Waals surface area (Å²) in [5.41, 5.74) is 5.13. The van der Waals surface area contributed by atoms with E-state index >= 15 is 0 Å². The topological polar surface area (TPSA) is 84.9 Å². The molecule has 1 aromatic heterocycles. The fourth-order valence-corrected chi connectivity index (χ4v) is 0.845. The Balaban J connectivity index is 2.93. The zero-order valence-electron chi connectivity index (χ0n) is 8.25. The fraction of sp³-hybridized carbons (Fsp3) is 0.375. The lowest BCUT2D eigenvalue weighted by Crippen LogP contribution is -2.32. The summed E-state index contributed by atoms with van der Waals surface area (Å²) in [6, 6.07) is 1.26. The van der Waals surface area contributed by atoms with Gasteiger partial charge in [0.2, 0.25) is 5.88 Å². The highest BCUT2D eigenvalue weighted by atomic mass is 19.4. The van der Waals surface area contributed by atoms with E-state index in [4.69, 9.17) is 11.1 Å². The van der Waals surface area contributed by atoms with Gasteiger partial charge in [0, 0.05) is 0 Å². The van der Waals surface area contributed by atoms with Gasteiger partial charge in [-0.05, 0) is 13.0 Å². The Morgan fingerprint density at radius 2 is 2.19 bits per heavy atom. The number of nitrogens with two attached hydrogens (primary N) is 1. The number of ether oxygens (including phenoxy) is 1. The van der Waals surface area contributed by atoms with E-state index in [1.54, 1.807) is 0 Å². The second-order valence-corrected chi connectivity index (χ2v) is 2.97. The van der Waals surface area contributed by atoms with Crippen molar-refractivity contribution in [1.29, 1.82) is 5.41 Å². The van der Waals surface area contributed by atoms with Crippen molar-refractivity contribution in [1.82, 2.24) is 10.2 Å². The molecule has 0 amide bonds. The summed E-state index contributed by atoms with van der Waals surface area (Å²) >= 11 is 0. The predicted octanol–water partition coefficient (Wildman–Crippen LogP) is 1.09. The summed E-state index contributed by atoms with van der Waals surface area (Å²) in [7, 11) is 0. The maximum atomic E-state index is 12.2. The summed E-state index contributed by atoms with van der Waals surface area (Å²) in [6.45, 7) is 0.832. The number of nitrogens with zero attached hydrogens (tertiary/aromatic N) is 2. The number of nitrogen functional groups attached to an aromatic ring is 1. The van der Waals surface area contributed by atoms with Crippen molar-refractivity contribution in [2.24, 2.45) is 5.73 Å². The van der Waals surface area contributed by atoms with Crippen LogP contribution < -0.4 is 10.5 Å². The van der Waals surface area contributed by atoms with Gasteiger partial charge in [0.1, 0.15) is 5.84 Å². The van der Waals surface area contributed by atoms with Crippen LogP contribution in [-0.4, -0.2) is 28.3 Å². The van der Waals surface area contributed by atoms with Crippen LogP contribution in [0.1, 0.15) is 12.5 Å². The molecule has 88 valence electrons. The molecule has 1 atom stereocenters. The van der Waals surface area contributed by atoms with Crippen molar-refractivity contribution >= 4 is 5.84 Å². The SMILES string of the molecule is CC(Oc1nnccc1C(=N)N)C(F)(F)F. The summed E-state index contributed by atoms with van der Waals surface area (Å²) in [5, 5.41) is 13.9. The minimum atomic E-state index is -4.51. The molecule has 0 saturated heterocycles. The third kappa shape index (κ3) is 2.81. The highest BCUT2D eigenvalue weighted by Gasteiger charge is 2.38. The molecule has 0 spiro atoms. The van der Waals surface area contributed by atoms with Gasteiger partial charge in [0.25, 0.3) is 0 Å². The van der Waals surface area contributed by atoms with E-state index in [0.29, 0.717) is 0 Å². The number of amidine groups is 1. The number of hydrogen-bond donors (Lipinski definition) is 2. The maximum Gasteiger partial charge on any atom is 0.425 e. The zero-order valence-corrected chi connectivity index (χ0v) is 8.25. The standard InChI is InChI=1S/C8H9F3N4O/c1-4(8(9,10)11)16-7-5(6(12)13)2-3-14-15-7/h2-4H,1H3,(H3,12,13). The lowest BCUT2D eigenvalue weighted by molar-refractivity contribution is -0.190. The highest BCUT2D eigenvalue weighted by Crippen LogP contribution is 2.25. The molecule has 1 unspecified atom stereocenters. The lowest BCUT2D eigenvalue weighted by Gasteiger charge is -2.17. The van der Waals surface area contributed by atoms with Gasteiger partial charge < -0.3 is 10.5 Å². The fourth-order valence-electron chi connectivity index (χ4n) is 0.845. The highest BCUT2D eigenvalue weighted by molar-refractivity contribution is 5.96. The first-order valence-electron chi connectivity index (χ1n) is 4.22. The Morgan fingerprint density at radius 3 is 2.69 bits per heavy atom. The molecule has 0 saturated carbocycles. The molecule has 0 aliphatic rings. The molecular weight excluding hydrogens is 225 g/mol. The van der Waals surface area contributed by atoms with Crippen LogP contribution in [0.2, 0.25) is 0 Å². The van der Waals surface area contributed by atoms with E-state index in [9.17, 15) is 13.2 Å². The first-order chi connectivity index (χ1) is 7.32. The van der Waals surface area contributed by atoms with E-state index in [1.807, 2.05) is 0 Å². The Labute approximate surface area is 88.9 Å². The number of nitrogens with one attached hydrogen (secondary N) is 1. The molecule has 5 nitrogen and oxygen atoms in total. The molecular formula is C8H9F3N4O. The van der Waals surface area contributed by atoms with E-state index < -0.39 is 24.0 Å². The van der Waals surface area contributed by atoms with Crippen LogP contribution in [0, 0.1) is 5.41 Å². The molecule has 0 aromatic carbocycles. The Hall–Kier alpha value is -1.86. The predicted molar refractivity (Wildman–Crippen MR) is 49.2 cm³/mol. The van der Waals surface area contributed by atoms with Gasteiger partial charge in [-0.2, -0.15) is 18.3 Å². The van der Waals surface area contributed by atoms with Gasteiger partial charge >= 0.3 is 6.18 Å². The van der Waals surface area contributed by atoms with Gasteiger partial charge in [0.05, 0.1) is 11.8 Å². The number of aromatic nitrogens is 2. The first kappa shape index (κ1) is 12.2. The Morgan fingerprint density at radius 1 is 1.56 bits per heavy atom. The normalized spacial score (nSPS) is 13.2. The second-order valence-electron chi connectivity index (χ2n) is 2.97. The third-order valence-corrected chi connectivity index (χ3v) is 1.73. The molecule has 1 aromatic rings. The van der Waals surface area contributed by atoms with Crippen LogP contribution in [0.15, 0.2) is 12.3 Å². The summed E-state index contributed by atoms with van der Waals surface area (Å²) < 4.78 is 41.2. The summed E-state index contributed by atoms with van der Waals surface area (Å²) in [4.78, 5) is 0. The average molecular weight is 234 g/mol. The van der Waals surface area contributed by atoms with Crippen molar-refractivity contribution in [2.75, 3.05) is 0 Å². The van der Waals surface area contributed by atoms with Crippen LogP contribution in [0.4, 0.5) is 13.2 Å². The van der Waals surface area contributed by atoms with Crippen molar-refractivity contribution in [2.45, 2.75) is 19.2 Å². The molecule has 0 aliphatic carbocycles. The van der Waals surface area contributed by atoms with Gasteiger partial charge in [-0.25, -0.2) is 0 Å². The van der Waals surface area contributed by atoms with Crippen molar-refractivity contribution in [3.63, 3.8) is 0 Å². The Bertz CT molecular complexity index is 393. The molecule has 0 aliphatic heterocycles. The molecule has 16 heavy (non-hydrogen) atoms. The summed E-state index contributed by atoms with van der Waals surface area (Å²) in [6.07, 6.45) is -5.34. The third-order valence-electron chi connectivity index (χ3n) is 1.73. The smallest absolute Gasteiger partial charge is 0.425 e. The second kappa shape index (κ2) is 4.33. The van der Waals surface area contributed by atoms with Gasteiger partial charge in [-0.3, -0.25) is 5.41 Å².